The van der Waals surface area contributed by atoms with Gasteiger partial charge in [0.2, 0.25) is 0 Å². The van der Waals surface area contributed by atoms with Gasteiger partial charge >= 0.3 is 0 Å². The van der Waals surface area contributed by atoms with Crippen LogP contribution in [0.2, 0.25) is 0 Å². The third-order valence-electron chi connectivity index (χ3n) is 7.83. The molecule has 1 unspecified atom stereocenters. The van der Waals surface area contributed by atoms with Crippen LogP contribution in [0.5, 0.6) is 0 Å². The zero-order valence-corrected chi connectivity index (χ0v) is 23.8. The summed E-state index contributed by atoms with van der Waals surface area (Å²) in [5, 5.41) is 11.9. The number of pyridine rings is 1. The van der Waals surface area contributed by atoms with Gasteiger partial charge < -0.3 is 16.4 Å². The number of aromatic nitrogens is 3. The molecule has 0 bridgehead atoms. The van der Waals surface area contributed by atoms with Crippen LogP contribution in [0.25, 0.3) is 22.5 Å². The van der Waals surface area contributed by atoms with Gasteiger partial charge in [0.1, 0.15) is 11.4 Å². The maximum absolute atomic E-state index is 14.3. The number of nitrogens with two attached hydrogens (primary N) is 1. The molecule has 8 nitrogen and oxygen atoms in total. The minimum absolute atomic E-state index is 0.122. The minimum Gasteiger partial charge on any atom is -0.381 e. The first-order valence-electron chi connectivity index (χ1n) is 14.3. The lowest BCUT2D eigenvalue weighted by atomic mass is 9.88. The summed E-state index contributed by atoms with van der Waals surface area (Å²) >= 11 is 0. The number of carbonyl (C=O) groups is 1. The highest BCUT2D eigenvalue weighted by Crippen LogP contribution is 2.28. The maximum Gasteiger partial charge on any atom is 0.263 e. The van der Waals surface area contributed by atoms with Gasteiger partial charge in [0.05, 0.1) is 11.4 Å². The topological polar surface area (TPSA) is 107 Å². The Bertz CT molecular complexity index is 1640. The Balaban J connectivity index is 1.57. The molecule has 5 rings (SSSR count). The average Bonchev–Trinajstić information content (AvgIpc) is 3.27. The largest absolute Gasteiger partial charge is 0.381 e. The number of para-hydroxylation sites is 1. The van der Waals surface area contributed by atoms with Gasteiger partial charge in [0.15, 0.2) is 5.82 Å². The Hall–Kier alpha value is -4.59. The fourth-order valence-corrected chi connectivity index (χ4v) is 5.76. The van der Waals surface area contributed by atoms with E-state index in [1.165, 1.54) is 36.8 Å². The number of allylic oxidation sites excluding steroid dienone is 1. The molecule has 1 aliphatic rings. The lowest BCUT2D eigenvalue weighted by Crippen LogP contribution is -2.32. The van der Waals surface area contributed by atoms with Crippen molar-refractivity contribution in [2.75, 3.05) is 17.6 Å². The van der Waals surface area contributed by atoms with Crippen LogP contribution < -0.4 is 21.9 Å². The number of aryl methyl sites for hydroxylation is 1. The van der Waals surface area contributed by atoms with E-state index in [1.54, 1.807) is 17.7 Å². The van der Waals surface area contributed by atoms with E-state index in [-0.39, 0.29) is 22.8 Å². The molecule has 1 amide bonds. The molecule has 0 radical (unpaired) electrons. The molecule has 8 heteroatoms. The smallest absolute Gasteiger partial charge is 0.263 e. The minimum atomic E-state index is -0.520. The van der Waals surface area contributed by atoms with Crippen LogP contribution in [0, 0.1) is 5.92 Å². The highest BCUT2D eigenvalue weighted by atomic mass is 16.2. The number of nitrogens with one attached hydrogen (secondary N) is 2. The number of hydrogen-bond acceptors (Lipinski definition) is 5. The molecule has 0 saturated heterocycles. The van der Waals surface area contributed by atoms with Gasteiger partial charge in [-0.2, -0.15) is 5.10 Å². The lowest BCUT2D eigenvalue weighted by molar-refractivity contribution is 0.0940. The van der Waals surface area contributed by atoms with Crippen LogP contribution in [0.15, 0.2) is 78.1 Å². The Morgan fingerprint density at radius 1 is 1.15 bits per heavy atom. The van der Waals surface area contributed by atoms with Crippen molar-refractivity contribution >= 4 is 34.4 Å². The zero-order chi connectivity index (χ0) is 28.9. The summed E-state index contributed by atoms with van der Waals surface area (Å²) in [5.41, 5.74) is 8.57. The van der Waals surface area contributed by atoms with E-state index in [0.29, 0.717) is 29.4 Å². The first-order chi connectivity index (χ1) is 19.9. The van der Waals surface area contributed by atoms with E-state index in [9.17, 15) is 9.59 Å². The number of rotatable bonds is 9. The van der Waals surface area contributed by atoms with E-state index in [2.05, 4.69) is 34.5 Å². The predicted molar refractivity (Wildman–Crippen MR) is 167 cm³/mol. The summed E-state index contributed by atoms with van der Waals surface area (Å²) in [5.74, 6) is 0.791. The summed E-state index contributed by atoms with van der Waals surface area (Å²) < 4.78 is 3.24. The van der Waals surface area contributed by atoms with Crippen molar-refractivity contribution in [3.63, 3.8) is 0 Å². The van der Waals surface area contributed by atoms with Gasteiger partial charge in [-0.3, -0.25) is 18.8 Å². The average molecular weight is 551 g/mol. The van der Waals surface area contributed by atoms with Gasteiger partial charge in [-0.05, 0) is 54.8 Å². The summed E-state index contributed by atoms with van der Waals surface area (Å²) in [7, 11) is 1.72. The van der Waals surface area contributed by atoms with Crippen molar-refractivity contribution in [1.29, 1.82) is 0 Å². The molecule has 212 valence electrons. The van der Waals surface area contributed by atoms with E-state index < -0.39 is 6.04 Å². The SMILES string of the molecule is C=CCNc1c(C(=O)NC(C)c2cc3cccc(/C=C/C4CCCCC4)c3c(=O)n2-c2ccccc2)c(N)nn1C. The van der Waals surface area contributed by atoms with Gasteiger partial charge in [-0.25, -0.2) is 0 Å². The van der Waals surface area contributed by atoms with E-state index in [1.807, 2.05) is 61.5 Å². The fraction of sp³-hybridized carbons (Fsp3) is 0.303. The molecule has 0 spiro atoms. The number of carbonyl (C=O) groups excluding carboxylic acids is 1. The monoisotopic (exact) mass is 550 g/mol. The number of hydrogen-bond donors (Lipinski definition) is 3. The summed E-state index contributed by atoms with van der Waals surface area (Å²) in [6, 6.07) is 17.0. The molecule has 1 fully saturated rings. The number of anilines is 2. The molecular weight excluding hydrogens is 512 g/mol. The molecule has 1 saturated carbocycles. The van der Waals surface area contributed by atoms with Crippen LogP contribution in [-0.2, 0) is 7.05 Å². The molecule has 4 N–H and O–H groups in total. The Labute approximate surface area is 240 Å². The van der Waals surface area contributed by atoms with Crippen LogP contribution in [0.1, 0.15) is 66.7 Å². The van der Waals surface area contributed by atoms with Gasteiger partial charge in [0, 0.05) is 25.0 Å². The molecule has 2 aromatic heterocycles. The van der Waals surface area contributed by atoms with Crippen molar-refractivity contribution in [3.05, 3.63) is 101 Å². The van der Waals surface area contributed by atoms with Crippen LogP contribution in [0.4, 0.5) is 11.6 Å². The number of fused-ring (bicyclic) bond motifs is 1. The Morgan fingerprint density at radius 2 is 1.90 bits per heavy atom. The van der Waals surface area contributed by atoms with Crippen molar-refractivity contribution in [2.45, 2.75) is 45.1 Å². The zero-order valence-electron chi connectivity index (χ0n) is 23.8. The molecule has 41 heavy (non-hydrogen) atoms. The Morgan fingerprint density at radius 3 is 2.63 bits per heavy atom. The third-order valence-corrected chi connectivity index (χ3v) is 7.83. The van der Waals surface area contributed by atoms with Gasteiger partial charge in [-0.15, -0.1) is 6.58 Å². The summed E-state index contributed by atoms with van der Waals surface area (Å²) in [6.07, 6.45) is 12.3. The summed E-state index contributed by atoms with van der Waals surface area (Å²) in [4.78, 5) is 27.8. The lowest BCUT2D eigenvalue weighted by Gasteiger charge is -2.22. The molecule has 2 heterocycles. The van der Waals surface area contributed by atoms with Crippen LogP contribution >= 0.6 is 0 Å². The van der Waals surface area contributed by atoms with Crippen LogP contribution in [0.3, 0.4) is 0 Å². The molecule has 0 aliphatic heterocycles. The van der Waals surface area contributed by atoms with E-state index in [4.69, 9.17) is 5.73 Å². The second-order valence-corrected chi connectivity index (χ2v) is 10.7. The first kappa shape index (κ1) is 28.0. The normalized spacial score (nSPS) is 14.8. The number of nitrogen functional groups attached to an aromatic ring is 1. The quantitative estimate of drug-likeness (QED) is 0.222. The maximum atomic E-state index is 14.3. The number of nitrogens with zero attached hydrogens (tertiary/aromatic N) is 3. The molecule has 4 aromatic rings. The summed E-state index contributed by atoms with van der Waals surface area (Å²) in [6.45, 7) is 6.05. The highest BCUT2D eigenvalue weighted by Gasteiger charge is 2.25. The predicted octanol–water partition coefficient (Wildman–Crippen LogP) is 5.99. The van der Waals surface area contributed by atoms with Crippen LogP contribution in [-0.4, -0.2) is 26.8 Å². The van der Waals surface area contributed by atoms with Crippen molar-refractivity contribution < 1.29 is 4.79 Å². The highest BCUT2D eigenvalue weighted by molar-refractivity contribution is 6.03. The molecule has 2 aromatic carbocycles. The second-order valence-electron chi connectivity index (χ2n) is 10.7. The standard InChI is InChI=1S/C33H38N6O2/c1-4-20-35-31-29(30(34)37-38(31)3)32(40)36-22(2)27-21-25-15-11-14-24(19-18-23-12-7-5-8-13-23)28(25)33(41)39(27)26-16-9-6-10-17-26/h4,6,9-11,14-19,21-23,35H,1,5,7-8,12-13,20H2,2-3H3,(H2,34,37)(H,36,40)/b19-18+. The number of amides is 1. The van der Waals surface area contributed by atoms with Gasteiger partial charge in [0.25, 0.3) is 11.5 Å². The molecular formula is C33H38N6O2. The first-order valence-corrected chi connectivity index (χ1v) is 14.3. The molecule has 1 aliphatic carbocycles. The molecule has 1 atom stereocenters. The Kier molecular flexibility index (Phi) is 8.38. The van der Waals surface area contributed by atoms with Crippen molar-refractivity contribution in [2.24, 2.45) is 13.0 Å². The fourth-order valence-electron chi connectivity index (χ4n) is 5.76. The number of benzene rings is 2. The second kappa shape index (κ2) is 12.3. The van der Waals surface area contributed by atoms with Crippen molar-refractivity contribution in [3.8, 4) is 5.69 Å². The van der Waals surface area contributed by atoms with E-state index >= 15 is 0 Å². The van der Waals surface area contributed by atoms with E-state index in [0.717, 1.165) is 16.6 Å². The third kappa shape index (κ3) is 5.82. The van der Waals surface area contributed by atoms with Gasteiger partial charge in [-0.1, -0.05) is 73.9 Å². The van der Waals surface area contributed by atoms with Crippen molar-refractivity contribution in [1.82, 2.24) is 19.7 Å².